The predicted octanol–water partition coefficient (Wildman–Crippen LogP) is 2.69. The average molecular weight is 394 g/mol. The maximum absolute atomic E-state index is 12.2. The number of nitrogens with one attached hydrogen (secondary N) is 2. The van der Waals surface area contributed by atoms with Gasteiger partial charge in [-0.15, -0.1) is 0 Å². The molecule has 2 heterocycles. The molecule has 0 amide bonds. The number of benzene rings is 1. The van der Waals surface area contributed by atoms with Crippen molar-refractivity contribution in [3.8, 4) is 11.6 Å². The standard InChI is InChI=1S/C19H21F3N4O2/c1-23-18(26-11-15-9-14-4-2-3-5-16(14)28-15)25-10-13-6-7-24-17(8-13)27-12-19(20,21)22/h2-8,15H,9-12H2,1H3,(H2,23,25,26). The number of aromatic nitrogens is 1. The van der Waals surface area contributed by atoms with Crippen LogP contribution in [0.1, 0.15) is 11.1 Å². The van der Waals surface area contributed by atoms with Crippen LogP contribution in [0.15, 0.2) is 47.6 Å². The molecule has 150 valence electrons. The van der Waals surface area contributed by atoms with Gasteiger partial charge in [0.1, 0.15) is 11.9 Å². The van der Waals surface area contributed by atoms with E-state index in [1.807, 2.05) is 24.3 Å². The Morgan fingerprint density at radius 3 is 2.86 bits per heavy atom. The molecule has 0 aliphatic carbocycles. The van der Waals surface area contributed by atoms with Crippen LogP contribution in [-0.4, -0.2) is 43.4 Å². The molecule has 1 unspecified atom stereocenters. The average Bonchev–Trinajstić information content (AvgIpc) is 3.09. The molecule has 0 fully saturated rings. The fourth-order valence-electron chi connectivity index (χ4n) is 2.78. The normalized spacial score (nSPS) is 16.3. The monoisotopic (exact) mass is 394 g/mol. The molecule has 1 aliphatic rings. The lowest BCUT2D eigenvalue weighted by Crippen LogP contribution is -2.41. The Morgan fingerprint density at radius 2 is 2.11 bits per heavy atom. The lowest BCUT2D eigenvalue weighted by atomic mass is 10.1. The van der Waals surface area contributed by atoms with E-state index in [-0.39, 0.29) is 12.0 Å². The molecule has 28 heavy (non-hydrogen) atoms. The molecule has 0 spiro atoms. The van der Waals surface area contributed by atoms with Gasteiger partial charge in [0.15, 0.2) is 12.6 Å². The second-order valence-corrected chi connectivity index (χ2v) is 6.26. The van der Waals surface area contributed by atoms with Gasteiger partial charge in [-0.2, -0.15) is 13.2 Å². The van der Waals surface area contributed by atoms with Gasteiger partial charge in [0.2, 0.25) is 5.88 Å². The Hall–Kier alpha value is -2.97. The van der Waals surface area contributed by atoms with E-state index in [1.54, 1.807) is 13.1 Å². The Bertz CT molecular complexity index is 802. The molecule has 2 aromatic rings. The number of rotatable bonds is 6. The SMILES string of the molecule is CN=C(NCc1ccnc(OCC(F)(F)F)c1)NCC1Cc2ccccc2O1. The molecule has 1 aliphatic heterocycles. The van der Waals surface area contributed by atoms with E-state index in [9.17, 15) is 13.2 Å². The molecule has 0 saturated carbocycles. The number of para-hydroxylation sites is 1. The Balaban J connectivity index is 1.46. The zero-order valence-electron chi connectivity index (χ0n) is 15.3. The van der Waals surface area contributed by atoms with Crippen molar-refractivity contribution in [2.45, 2.75) is 25.2 Å². The Labute approximate surface area is 160 Å². The first-order valence-electron chi connectivity index (χ1n) is 8.76. The summed E-state index contributed by atoms with van der Waals surface area (Å²) in [5, 5.41) is 6.30. The Morgan fingerprint density at radius 1 is 1.29 bits per heavy atom. The van der Waals surface area contributed by atoms with Crippen LogP contribution >= 0.6 is 0 Å². The summed E-state index contributed by atoms with van der Waals surface area (Å²) in [7, 11) is 1.64. The van der Waals surface area contributed by atoms with Crippen molar-refractivity contribution in [1.82, 2.24) is 15.6 Å². The van der Waals surface area contributed by atoms with Crippen molar-refractivity contribution in [3.63, 3.8) is 0 Å². The van der Waals surface area contributed by atoms with Gasteiger partial charge < -0.3 is 20.1 Å². The molecule has 3 rings (SSSR count). The minimum Gasteiger partial charge on any atom is -0.488 e. The van der Waals surface area contributed by atoms with E-state index in [0.29, 0.717) is 19.0 Å². The highest BCUT2D eigenvalue weighted by Crippen LogP contribution is 2.27. The third kappa shape index (κ3) is 5.77. The van der Waals surface area contributed by atoms with E-state index < -0.39 is 12.8 Å². The van der Waals surface area contributed by atoms with Gasteiger partial charge in [0, 0.05) is 32.3 Å². The van der Waals surface area contributed by atoms with Gasteiger partial charge in [-0.05, 0) is 23.3 Å². The van der Waals surface area contributed by atoms with Crippen molar-refractivity contribution in [2.24, 2.45) is 4.99 Å². The summed E-state index contributed by atoms with van der Waals surface area (Å²) in [6.45, 7) is -0.440. The van der Waals surface area contributed by atoms with Crippen LogP contribution in [0, 0.1) is 0 Å². The molecule has 6 nitrogen and oxygen atoms in total. The van der Waals surface area contributed by atoms with Crippen LogP contribution in [0.2, 0.25) is 0 Å². The smallest absolute Gasteiger partial charge is 0.422 e. The predicted molar refractivity (Wildman–Crippen MR) is 98.6 cm³/mol. The van der Waals surface area contributed by atoms with Crippen molar-refractivity contribution in [1.29, 1.82) is 0 Å². The topological polar surface area (TPSA) is 67.8 Å². The summed E-state index contributed by atoms with van der Waals surface area (Å²) in [4.78, 5) is 7.93. The number of hydrogen-bond acceptors (Lipinski definition) is 4. The lowest BCUT2D eigenvalue weighted by Gasteiger charge is -2.16. The van der Waals surface area contributed by atoms with Gasteiger partial charge in [-0.25, -0.2) is 4.98 Å². The first-order chi connectivity index (χ1) is 13.4. The number of hydrogen-bond donors (Lipinski definition) is 2. The van der Waals surface area contributed by atoms with Gasteiger partial charge in [-0.3, -0.25) is 4.99 Å². The van der Waals surface area contributed by atoms with Gasteiger partial charge in [0.05, 0.1) is 6.54 Å². The zero-order valence-corrected chi connectivity index (χ0v) is 15.3. The second-order valence-electron chi connectivity index (χ2n) is 6.26. The van der Waals surface area contributed by atoms with Crippen molar-refractivity contribution in [2.75, 3.05) is 20.2 Å². The zero-order chi connectivity index (χ0) is 20.0. The summed E-state index contributed by atoms with van der Waals surface area (Å²) in [6, 6.07) is 11.1. The summed E-state index contributed by atoms with van der Waals surface area (Å²) < 4.78 is 47.3. The molecule has 0 radical (unpaired) electrons. The number of pyridine rings is 1. The highest BCUT2D eigenvalue weighted by atomic mass is 19.4. The van der Waals surface area contributed by atoms with Crippen LogP contribution in [0.3, 0.4) is 0 Å². The number of ether oxygens (including phenoxy) is 2. The highest BCUT2D eigenvalue weighted by Gasteiger charge is 2.28. The van der Waals surface area contributed by atoms with Crippen molar-refractivity contribution in [3.05, 3.63) is 53.7 Å². The molecule has 0 saturated heterocycles. The van der Waals surface area contributed by atoms with E-state index in [4.69, 9.17) is 4.74 Å². The molecule has 2 N–H and O–H groups in total. The van der Waals surface area contributed by atoms with Crippen LogP contribution in [-0.2, 0) is 13.0 Å². The maximum atomic E-state index is 12.2. The molecule has 1 atom stereocenters. The van der Waals surface area contributed by atoms with E-state index in [1.165, 1.54) is 17.8 Å². The second kappa shape index (κ2) is 8.81. The molecular formula is C19H21F3N4O2. The first-order valence-corrected chi connectivity index (χ1v) is 8.76. The number of fused-ring (bicyclic) bond motifs is 1. The third-order valence-corrected chi connectivity index (χ3v) is 4.08. The van der Waals surface area contributed by atoms with E-state index >= 15 is 0 Å². The van der Waals surface area contributed by atoms with Crippen molar-refractivity contribution >= 4 is 5.96 Å². The van der Waals surface area contributed by atoms with Crippen molar-refractivity contribution < 1.29 is 22.6 Å². The fraction of sp³-hybridized carbons (Fsp3) is 0.368. The number of aliphatic imine (C=N–C) groups is 1. The number of nitrogens with zero attached hydrogens (tertiary/aromatic N) is 2. The number of halogens is 3. The van der Waals surface area contributed by atoms with Crippen LogP contribution < -0.4 is 20.1 Å². The largest absolute Gasteiger partial charge is 0.488 e. The third-order valence-electron chi connectivity index (χ3n) is 4.08. The molecule has 0 bridgehead atoms. The Kier molecular flexibility index (Phi) is 6.23. The fourth-order valence-corrected chi connectivity index (χ4v) is 2.78. The number of alkyl halides is 3. The van der Waals surface area contributed by atoms with Gasteiger partial charge in [0.25, 0.3) is 0 Å². The molecule has 9 heteroatoms. The highest BCUT2D eigenvalue weighted by molar-refractivity contribution is 5.79. The van der Waals surface area contributed by atoms with Crippen LogP contribution in [0.5, 0.6) is 11.6 Å². The summed E-state index contributed by atoms with van der Waals surface area (Å²) in [5.74, 6) is 1.39. The van der Waals surface area contributed by atoms with E-state index in [0.717, 1.165) is 17.7 Å². The number of guanidine groups is 1. The molecule has 1 aromatic heterocycles. The van der Waals surface area contributed by atoms with Gasteiger partial charge >= 0.3 is 6.18 Å². The minimum absolute atomic E-state index is 0.0132. The summed E-state index contributed by atoms with van der Waals surface area (Å²) in [6.07, 6.45) is -2.16. The maximum Gasteiger partial charge on any atom is 0.422 e. The van der Waals surface area contributed by atoms with E-state index in [2.05, 4.69) is 25.3 Å². The molecular weight excluding hydrogens is 373 g/mol. The van der Waals surface area contributed by atoms with Crippen LogP contribution in [0.4, 0.5) is 13.2 Å². The first kappa shape index (κ1) is 19.8. The minimum atomic E-state index is -4.40. The molecule has 1 aromatic carbocycles. The van der Waals surface area contributed by atoms with Gasteiger partial charge in [-0.1, -0.05) is 18.2 Å². The quantitative estimate of drug-likeness (QED) is 0.583. The summed E-state index contributed by atoms with van der Waals surface area (Å²) in [5.41, 5.74) is 1.90. The van der Waals surface area contributed by atoms with Crippen LogP contribution in [0.25, 0.3) is 0 Å². The summed E-state index contributed by atoms with van der Waals surface area (Å²) >= 11 is 0. The lowest BCUT2D eigenvalue weighted by molar-refractivity contribution is -0.154.